The first kappa shape index (κ1) is 14.0. The van der Waals surface area contributed by atoms with Crippen LogP contribution in [0.3, 0.4) is 0 Å². The molecule has 0 aliphatic rings. The summed E-state index contributed by atoms with van der Waals surface area (Å²) in [6.07, 6.45) is 1.14. The van der Waals surface area contributed by atoms with Gasteiger partial charge in [0, 0.05) is 30.9 Å². The molecular weight excluding hydrogens is 404 g/mol. The molecule has 6 rings (SSSR count). The van der Waals surface area contributed by atoms with Crippen LogP contribution in [0.4, 0.5) is 0 Å². The predicted molar refractivity (Wildman–Crippen MR) is 135 cm³/mol. The third kappa shape index (κ3) is 3.39. The average Bonchev–Trinajstić information content (AvgIpc) is 3.37. The summed E-state index contributed by atoms with van der Waals surface area (Å²) in [6, 6.07) is 28.8. The van der Waals surface area contributed by atoms with Crippen molar-refractivity contribution in [2.45, 2.75) is 13.7 Å². The molecule has 0 aliphatic heterocycles. The lowest BCUT2D eigenvalue weighted by Gasteiger charge is -2.08. The molecule has 2 aromatic heterocycles. The molecule has 0 fully saturated rings. The van der Waals surface area contributed by atoms with E-state index in [0.29, 0.717) is 28.2 Å². The minimum absolute atomic E-state index is 0.240. The van der Waals surface area contributed by atoms with E-state index < -0.39 is 13.7 Å². The largest absolute Gasteiger partial charge is 0.436 e. The Bertz CT molecular complexity index is 1820. The summed E-state index contributed by atoms with van der Waals surface area (Å²) in [7, 11) is 0. The Balaban J connectivity index is 1.50. The third-order valence-corrected chi connectivity index (χ3v) is 5.82. The van der Waals surface area contributed by atoms with E-state index in [4.69, 9.17) is 17.6 Å². The maximum Gasteiger partial charge on any atom is 0.227 e. The highest BCUT2D eigenvalue weighted by atomic mass is 16.3. The first-order chi connectivity index (χ1) is 18.6. The number of hydrogen-bond acceptors (Lipinski definition) is 3. The zero-order valence-electron chi connectivity index (χ0n) is 23.5. The van der Waals surface area contributed by atoms with Crippen LogP contribution in [0.5, 0.6) is 0 Å². The Morgan fingerprint density at radius 2 is 1.52 bits per heavy atom. The Morgan fingerprint density at radius 1 is 0.727 bits per heavy atom. The molecule has 33 heavy (non-hydrogen) atoms. The van der Waals surface area contributed by atoms with Gasteiger partial charge in [0.05, 0.1) is 5.69 Å². The summed E-state index contributed by atoms with van der Waals surface area (Å²) in [5, 5.41) is 1.62. The SMILES string of the molecule is [2H]C([2H])([2H])c1cnc(-c2cccc3ccc4oc(-c5ccc(-c6ccccc6)cc5)nc4c23)cc1C([2H])([2H])[2H]. The Labute approximate surface area is 200 Å². The van der Waals surface area contributed by atoms with Crippen LogP contribution in [0.15, 0.2) is 102 Å². The van der Waals surface area contributed by atoms with Crippen molar-refractivity contribution >= 4 is 21.9 Å². The van der Waals surface area contributed by atoms with Crippen molar-refractivity contribution in [3.05, 3.63) is 108 Å². The third-order valence-electron chi connectivity index (χ3n) is 5.82. The van der Waals surface area contributed by atoms with E-state index in [1.807, 2.05) is 72.8 Å². The number of nitrogens with zero attached hydrogens (tertiary/aromatic N) is 2. The Hall–Kier alpha value is -4.24. The van der Waals surface area contributed by atoms with E-state index in [-0.39, 0.29) is 11.1 Å². The molecule has 0 radical (unpaired) electrons. The molecule has 158 valence electrons. The van der Waals surface area contributed by atoms with E-state index in [1.54, 1.807) is 0 Å². The van der Waals surface area contributed by atoms with Crippen molar-refractivity contribution in [1.29, 1.82) is 0 Å². The lowest BCUT2D eigenvalue weighted by molar-refractivity contribution is 0.620. The Kier molecular flexibility index (Phi) is 3.28. The number of aromatic nitrogens is 2. The maximum absolute atomic E-state index is 7.94. The highest BCUT2D eigenvalue weighted by Crippen LogP contribution is 2.36. The molecule has 0 saturated carbocycles. The molecule has 6 aromatic rings. The minimum Gasteiger partial charge on any atom is -0.436 e. The van der Waals surface area contributed by atoms with Gasteiger partial charge in [0.2, 0.25) is 5.89 Å². The van der Waals surface area contributed by atoms with Crippen LogP contribution < -0.4 is 0 Å². The lowest BCUT2D eigenvalue weighted by Crippen LogP contribution is -1.90. The summed E-state index contributed by atoms with van der Waals surface area (Å²) in [5.41, 5.74) is 4.68. The van der Waals surface area contributed by atoms with E-state index in [9.17, 15) is 0 Å². The summed E-state index contributed by atoms with van der Waals surface area (Å²) in [5.74, 6) is 0.459. The standard InChI is InChI=1S/C30H22N2O/c1-19-17-26(31-18-20(19)2)25-10-6-9-23-15-16-27-29(28(23)25)32-30(33-27)24-13-11-22(12-14-24)21-7-4-3-5-8-21/h3-18H,1-2H3/i1D3,2D3. The fourth-order valence-corrected chi connectivity index (χ4v) is 4.14. The molecule has 0 spiro atoms. The highest BCUT2D eigenvalue weighted by Gasteiger charge is 2.15. The number of oxazole rings is 1. The van der Waals surface area contributed by atoms with Crippen LogP contribution in [-0.4, -0.2) is 9.97 Å². The van der Waals surface area contributed by atoms with E-state index in [0.717, 1.165) is 33.7 Å². The molecule has 0 bridgehead atoms. The monoisotopic (exact) mass is 432 g/mol. The van der Waals surface area contributed by atoms with Gasteiger partial charge >= 0.3 is 0 Å². The van der Waals surface area contributed by atoms with Gasteiger partial charge < -0.3 is 4.42 Å². The average molecular weight is 433 g/mol. The second-order valence-electron chi connectivity index (χ2n) is 7.89. The van der Waals surface area contributed by atoms with Gasteiger partial charge in [0.1, 0.15) is 5.52 Å². The maximum atomic E-state index is 7.94. The van der Waals surface area contributed by atoms with E-state index in [2.05, 4.69) is 17.1 Å². The quantitative estimate of drug-likeness (QED) is 0.284. The van der Waals surface area contributed by atoms with Crippen LogP contribution >= 0.6 is 0 Å². The number of rotatable bonds is 3. The molecule has 3 nitrogen and oxygen atoms in total. The van der Waals surface area contributed by atoms with Gasteiger partial charge in [-0.25, -0.2) is 4.98 Å². The zero-order valence-corrected chi connectivity index (χ0v) is 17.5. The van der Waals surface area contributed by atoms with Gasteiger partial charge in [-0.1, -0.05) is 66.7 Å². The van der Waals surface area contributed by atoms with E-state index in [1.165, 1.54) is 6.07 Å². The minimum atomic E-state index is -2.62. The van der Waals surface area contributed by atoms with Crippen molar-refractivity contribution in [3.8, 4) is 33.8 Å². The van der Waals surface area contributed by atoms with Crippen molar-refractivity contribution in [2.75, 3.05) is 0 Å². The van der Waals surface area contributed by atoms with Gasteiger partial charge in [-0.2, -0.15) is 0 Å². The smallest absolute Gasteiger partial charge is 0.227 e. The number of pyridine rings is 1. The predicted octanol–water partition coefficient (Wildman–Crippen LogP) is 7.99. The van der Waals surface area contributed by atoms with Crippen molar-refractivity contribution in [2.24, 2.45) is 0 Å². The molecule has 4 aromatic carbocycles. The lowest BCUT2D eigenvalue weighted by atomic mass is 9.99. The molecule has 0 N–H and O–H groups in total. The van der Waals surface area contributed by atoms with E-state index >= 15 is 0 Å². The van der Waals surface area contributed by atoms with Crippen molar-refractivity contribution < 1.29 is 12.6 Å². The molecule has 0 atom stereocenters. The number of hydrogen-bond donors (Lipinski definition) is 0. The van der Waals surface area contributed by atoms with Crippen molar-refractivity contribution in [1.82, 2.24) is 9.97 Å². The van der Waals surface area contributed by atoms with Gasteiger partial charge in [-0.15, -0.1) is 0 Å². The van der Waals surface area contributed by atoms with Gasteiger partial charge in [-0.3, -0.25) is 4.98 Å². The summed E-state index contributed by atoms with van der Waals surface area (Å²) in [6.45, 7) is -5.22. The van der Waals surface area contributed by atoms with Crippen LogP contribution in [0.2, 0.25) is 0 Å². The summed E-state index contributed by atoms with van der Waals surface area (Å²) >= 11 is 0. The van der Waals surface area contributed by atoms with Gasteiger partial charge in [0.15, 0.2) is 5.58 Å². The number of fused-ring (bicyclic) bond motifs is 3. The Morgan fingerprint density at radius 3 is 2.33 bits per heavy atom. The molecule has 0 amide bonds. The highest BCUT2D eigenvalue weighted by molar-refractivity contribution is 6.11. The number of benzene rings is 4. The second kappa shape index (κ2) is 7.72. The first-order valence-electron chi connectivity index (χ1n) is 13.6. The van der Waals surface area contributed by atoms with Gasteiger partial charge in [-0.05, 0) is 65.6 Å². The fourth-order valence-electron chi connectivity index (χ4n) is 4.14. The number of aryl methyl sites for hydroxylation is 2. The van der Waals surface area contributed by atoms with Crippen LogP contribution in [-0.2, 0) is 0 Å². The molecule has 2 heterocycles. The summed E-state index contributed by atoms with van der Waals surface area (Å²) in [4.78, 5) is 9.21. The second-order valence-corrected chi connectivity index (χ2v) is 7.89. The molecule has 0 saturated heterocycles. The fraction of sp³-hybridized carbons (Fsp3) is 0.0667. The molecule has 3 heteroatoms. The molecule has 0 aliphatic carbocycles. The van der Waals surface area contributed by atoms with Crippen LogP contribution in [0, 0.1) is 13.7 Å². The van der Waals surface area contributed by atoms with Crippen molar-refractivity contribution in [3.63, 3.8) is 0 Å². The molecule has 0 unspecified atom stereocenters. The molecular formula is C30H22N2O. The summed E-state index contributed by atoms with van der Waals surface area (Å²) < 4.78 is 53.3. The first-order valence-corrected chi connectivity index (χ1v) is 10.6. The topological polar surface area (TPSA) is 38.9 Å². The normalized spacial score (nSPS) is 14.8. The van der Waals surface area contributed by atoms with Crippen LogP contribution in [0.25, 0.3) is 55.7 Å². The van der Waals surface area contributed by atoms with Crippen LogP contribution in [0.1, 0.15) is 19.4 Å². The van der Waals surface area contributed by atoms with Gasteiger partial charge in [0.25, 0.3) is 0 Å². The zero-order chi connectivity index (χ0) is 27.4.